The van der Waals surface area contributed by atoms with Crippen LogP contribution in [0.5, 0.6) is 5.75 Å². The Morgan fingerprint density at radius 2 is 2.17 bits per heavy atom. The average Bonchev–Trinajstić information content (AvgIpc) is 2.29. The molecule has 0 aliphatic heterocycles. The lowest BCUT2D eigenvalue weighted by Crippen LogP contribution is -2.22. The van der Waals surface area contributed by atoms with Crippen molar-refractivity contribution in [1.29, 1.82) is 0 Å². The van der Waals surface area contributed by atoms with Gasteiger partial charge in [0.1, 0.15) is 5.75 Å². The Labute approximate surface area is 114 Å². The largest absolute Gasteiger partial charge is 0.434 e. The Morgan fingerprint density at radius 3 is 2.78 bits per heavy atom. The molecule has 0 aliphatic carbocycles. The van der Waals surface area contributed by atoms with Gasteiger partial charge in [0.2, 0.25) is 0 Å². The molecule has 1 aromatic carbocycles. The first kappa shape index (κ1) is 15.1. The van der Waals surface area contributed by atoms with Gasteiger partial charge in [0.15, 0.2) is 0 Å². The van der Waals surface area contributed by atoms with Crippen LogP contribution in [0.3, 0.4) is 0 Å². The van der Waals surface area contributed by atoms with Gasteiger partial charge in [-0.2, -0.15) is 8.78 Å². The van der Waals surface area contributed by atoms with Crippen LogP contribution >= 0.6 is 15.9 Å². The standard InChI is InChI=1S/C13H16BrF2NO/c1-3-17-9(2)4-5-10-8-11(14)6-7-12(10)18-13(15)16/h4-9,13,17H,3H2,1-2H3/b5-4+. The van der Waals surface area contributed by atoms with Gasteiger partial charge in [-0.1, -0.05) is 35.0 Å². The molecule has 1 aromatic rings. The number of halogens is 3. The number of likely N-dealkylation sites (N-methyl/N-ethyl adjacent to an activating group) is 1. The highest BCUT2D eigenvalue weighted by atomic mass is 79.9. The molecule has 1 unspecified atom stereocenters. The van der Waals surface area contributed by atoms with E-state index in [1.807, 2.05) is 19.9 Å². The summed E-state index contributed by atoms with van der Waals surface area (Å²) in [6, 6.07) is 5.11. The molecule has 0 fully saturated rings. The van der Waals surface area contributed by atoms with Crippen LogP contribution in [0.1, 0.15) is 19.4 Å². The maximum absolute atomic E-state index is 12.3. The van der Waals surface area contributed by atoms with Crippen LogP contribution in [0.2, 0.25) is 0 Å². The molecule has 1 atom stereocenters. The third kappa shape index (κ3) is 5.14. The summed E-state index contributed by atoms with van der Waals surface area (Å²) >= 11 is 3.31. The van der Waals surface area contributed by atoms with E-state index < -0.39 is 6.61 Å². The van der Waals surface area contributed by atoms with Crippen molar-refractivity contribution in [2.45, 2.75) is 26.5 Å². The highest BCUT2D eigenvalue weighted by molar-refractivity contribution is 9.10. The third-order valence-electron chi connectivity index (χ3n) is 2.28. The molecule has 0 saturated heterocycles. The lowest BCUT2D eigenvalue weighted by Gasteiger charge is -2.10. The fourth-order valence-corrected chi connectivity index (χ4v) is 1.87. The van der Waals surface area contributed by atoms with E-state index in [1.54, 1.807) is 18.2 Å². The number of hydrogen-bond donors (Lipinski definition) is 1. The second kappa shape index (κ2) is 7.48. The number of ether oxygens (including phenoxy) is 1. The summed E-state index contributed by atoms with van der Waals surface area (Å²) < 4.78 is 29.8. The summed E-state index contributed by atoms with van der Waals surface area (Å²) in [5, 5.41) is 3.20. The maximum Gasteiger partial charge on any atom is 0.387 e. The predicted molar refractivity (Wildman–Crippen MR) is 72.9 cm³/mol. The van der Waals surface area contributed by atoms with Crippen LogP contribution in [-0.2, 0) is 0 Å². The molecule has 0 spiro atoms. The van der Waals surface area contributed by atoms with Gasteiger partial charge in [0.05, 0.1) is 0 Å². The highest BCUT2D eigenvalue weighted by Crippen LogP contribution is 2.26. The predicted octanol–water partition coefficient (Wildman–Crippen LogP) is 4.06. The average molecular weight is 320 g/mol. The zero-order valence-electron chi connectivity index (χ0n) is 10.3. The number of alkyl halides is 2. The molecule has 0 saturated carbocycles. The Kier molecular flexibility index (Phi) is 6.29. The van der Waals surface area contributed by atoms with Crippen LogP contribution in [0.15, 0.2) is 28.7 Å². The van der Waals surface area contributed by atoms with Crippen molar-refractivity contribution in [3.8, 4) is 5.75 Å². The molecule has 100 valence electrons. The quantitative estimate of drug-likeness (QED) is 0.853. The van der Waals surface area contributed by atoms with E-state index in [1.165, 1.54) is 6.07 Å². The van der Waals surface area contributed by atoms with Gasteiger partial charge >= 0.3 is 6.61 Å². The van der Waals surface area contributed by atoms with Crippen molar-refractivity contribution in [3.05, 3.63) is 34.3 Å². The molecule has 1 N–H and O–H groups in total. The van der Waals surface area contributed by atoms with E-state index in [0.29, 0.717) is 5.56 Å². The van der Waals surface area contributed by atoms with Gasteiger partial charge in [-0.15, -0.1) is 0 Å². The lowest BCUT2D eigenvalue weighted by molar-refractivity contribution is -0.0499. The van der Waals surface area contributed by atoms with Crippen molar-refractivity contribution in [3.63, 3.8) is 0 Å². The molecule has 0 aromatic heterocycles. The zero-order valence-corrected chi connectivity index (χ0v) is 11.9. The zero-order chi connectivity index (χ0) is 13.5. The minimum atomic E-state index is -2.82. The molecule has 0 radical (unpaired) electrons. The topological polar surface area (TPSA) is 21.3 Å². The maximum atomic E-state index is 12.3. The van der Waals surface area contributed by atoms with Gasteiger partial charge in [0, 0.05) is 16.1 Å². The normalized spacial score (nSPS) is 13.2. The van der Waals surface area contributed by atoms with Crippen LogP contribution in [-0.4, -0.2) is 19.2 Å². The number of hydrogen-bond acceptors (Lipinski definition) is 2. The minimum Gasteiger partial charge on any atom is -0.434 e. The number of nitrogens with one attached hydrogen (secondary N) is 1. The van der Waals surface area contributed by atoms with Crippen LogP contribution in [0.4, 0.5) is 8.78 Å². The van der Waals surface area contributed by atoms with Crippen molar-refractivity contribution < 1.29 is 13.5 Å². The molecule has 0 bridgehead atoms. The first-order valence-corrected chi connectivity index (χ1v) is 6.48. The van der Waals surface area contributed by atoms with Gasteiger partial charge in [-0.05, 0) is 31.7 Å². The molecule has 2 nitrogen and oxygen atoms in total. The fraction of sp³-hybridized carbons (Fsp3) is 0.385. The molecule has 5 heteroatoms. The molecule has 18 heavy (non-hydrogen) atoms. The summed E-state index contributed by atoms with van der Waals surface area (Å²) in [4.78, 5) is 0. The smallest absolute Gasteiger partial charge is 0.387 e. The first-order chi connectivity index (χ1) is 8.52. The third-order valence-corrected chi connectivity index (χ3v) is 2.77. The van der Waals surface area contributed by atoms with Crippen LogP contribution in [0.25, 0.3) is 6.08 Å². The number of benzene rings is 1. The van der Waals surface area contributed by atoms with Gasteiger partial charge in [-0.25, -0.2) is 0 Å². The second-order valence-electron chi connectivity index (χ2n) is 3.77. The Hall–Kier alpha value is -0.940. The van der Waals surface area contributed by atoms with Crippen molar-refractivity contribution in [1.82, 2.24) is 5.32 Å². The highest BCUT2D eigenvalue weighted by Gasteiger charge is 2.08. The summed E-state index contributed by atoms with van der Waals surface area (Å²) in [5.74, 6) is 0.174. The Morgan fingerprint density at radius 1 is 1.44 bits per heavy atom. The number of rotatable bonds is 6. The van der Waals surface area contributed by atoms with E-state index in [4.69, 9.17) is 0 Å². The van der Waals surface area contributed by atoms with Gasteiger partial charge in [0.25, 0.3) is 0 Å². The van der Waals surface area contributed by atoms with Crippen LogP contribution < -0.4 is 10.1 Å². The van der Waals surface area contributed by atoms with Crippen molar-refractivity contribution >= 4 is 22.0 Å². The molecule has 0 amide bonds. The van der Waals surface area contributed by atoms with Gasteiger partial charge in [-0.3, -0.25) is 0 Å². The Bertz CT molecular complexity index is 410. The molecular formula is C13H16BrF2NO. The van der Waals surface area contributed by atoms with E-state index in [0.717, 1.165) is 11.0 Å². The molecular weight excluding hydrogens is 304 g/mol. The van der Waals surface area contributed by atoms with Crippen LogP contribution in [0, 0.1) is 0 Å². The van der Waals surface area contributed by atoms with E-state index in [9.17, 15) is 8.78 Å². The summed E-state index contributed by atoms with van der Waals surface area (Å²) in [6.45, 7) is 2.04. The molecule has 0 heterocycles. The van der Waals surface area contributed by atoms with E-state index in [-0.39, 0.29) is 11.8 Å². The van der Waals surface area contributed by atoms with E-state index >= 15 is 0 Å². The fourth-order valence-electron chi connectivity index (χ4n) is 1.49. The van der Waals surface area contributed by atoms with Crippen molar-refractivity contribution in [2.24, 2.45) is 0 Å². The van der Waals surface area contributed by atoms with Gasteiger partial charge < -0.3 is 10.1 Å². The minimum absolute atomic E-state index is 0.174. The summed E-state index contributed by atoms with van der Waals surface area (Å²) in [6.07, 6.45) is 3.68. The SMILES string of the molecule is CCNC(C)/C=C/c1cc(Br)ccc1OC(F)F. The second-order valence-corrected chi connectivity index (χ2v) is 4.68. The lowest BCUT2D eigenvalue weighted by atomic mass is 10.1. The first-order valence-electron chi connectivity index (χ1n) is 5.69. The monoisotopic (exact) mass is 319 g/mol. The molecule has 1 rings (SSSR count). The van der Waals surface area contributed by atoms with E-state index in [2.05, 4.69) is 26.0 Å². The molecule has 0 aliphatic rings. The summed E-state index contributed by atoms with van der Waals surface area (Å²) in [5.41, 5.74) is 0.620. The Balaban J connectivity index is 2.87. The van der Waals surface area contributed by atoms with Crippen molar-refractivity contribution in [2.75, 3.05) is 6.54 Å². The summed E-state index contributed by atoms with van der Waals surface area (Å²) in [7, 11) is 0.